The highest BCUT2D eigenvalue weighted by molar-refractivity contribution is 14.1. The number of phenols is 1. The van der Waals surface area contributed by atoms with Gasteiger partial charge in [0.2, 0.25) is 0 Å². The van der Waals surface area contributed by atoms with Crippen molar-refractivity contribution >= 4 is 52.2 Å². The van der Waals surface area contributed by atoms with E-state index in [1.807, 2.05) is 59.2 Å². The third-order valence-electron chi connectivity index (χ3n) is 4.67. The Labute approximate surface area is 214 Å². The van der Waals surface area contributed by atoms with Gasteiger partial charge < -0.3 is 10.4 Å². The topological polar surface area (TPSA) is 104 Å². The number of halogens is 1. The summed E-state index contributed by atoms with van der Waals surface area (Å²) in [5, 5.41) is 26.3. The molecule has 0 spiro atoms. The summed E-state index contributed by atoms with van der Waals surface area (Å²) in [4.78, 5) is 12.3. The van der Waals surface area contributed by atoms with E-state index in [0.29, 0.717) is 17.3 Å². The summed E-state index contributed by atoms with van der Waals surface area (Å²) in [6.07, 6.45) is 1.40. The molecule has 34 heavy (non-hydrogen) atoms. The zero-order chi connectivity index (χ0) is 23.8. The van der Waals surface area contributed by atoms with E-state index < -0.39 is 0 Å². The van der Waals surface area contributed by atoms with Gasteiger partial charge in [-0.3, -0.25) is 9.36 Å². The molecule has 0 aliphatic rings. The Bertz CT molecular complexity index is 1280. The van der Waals surface area contributed by atoms with Gasteiger partial charge in [-0.15, -0.1) is 10.2 Å². The van der Waals surface area contributed by atoms with E-state index >= 15 is 0 Å². The number of benzene rings is 3. The molecule has 0 aliphatic carbocycles. The quantitative estimate of drug-likeness (QED) is 0.116. The Balaban J connectivity index is 1.43. The maximum atomic E-state index is 12.3. The van der Waals surface area contributed by atoms with Crippen LogP contribution in [0, 0.1) is 3.57 Å². The van der Waals surface area contributed by atoms with Crippen LogP contribution in [0.4, 0.5) is 5.69 Å². The summed E-state index contributed by atoms with van der Waals surface area (Å²) < 4.78 is 3.10. The molecule has 0 aliphatic heterocycles. The number of thioether (sulfide) groups is 1. The lowest BCUT2D eigenvalue weighted by Gasteiger charge is -2.11. The number of nitrogens with one attached hydrogen (secondary N) is 2. The van der Waals surface area contributed by atoms with Gasteiger partial charge in [-0.1, -0.05) is 42.1 Å². The van der Waals surface area contributed by atoms with Crippen molar-refractivity contribution in [3.63, 3.8) is 0 Å². The van der Waals surface area contributed by atoms with Crippen LogP contribution in [0.25, 0.3) is 5.69 Å². The predicted molar refractivity (Wildman–Crippen MR) is 142 cm³/mol. The molecule has 0 fully saturated rings. The van der Waals surface area contributed by atoms with Crippen LogP contribution in [-0.2, 0) is 11.3 Å². The van der Waals surface area contributed by atoms with Crippen molar-refractivity contribution in [1.29, 1.82) is 0 Å². The minimum absolute atomic E-state index is 0.0946. The predicted octanol–water partition coefficient (Wildman–Crippen LogP) is 4.43. The Kier molecular flexibility index (Phi) is 8.15. The van der Waals surface area contributed by atoms with Crippen LogP contribution in [-0.4, -0.2) is 37.7 Å². The maximum absolute atomic E-state index is 12.3. The second-order valence-corrected chi connectivity index (χ2v) is 9.26. The molecule has 0 unspecified atom stereocenters. The molecular weight excluding hydrogens is 563 g/mol. The van der Waals surface area contributed by atoms with Gasteiger partial charge in [0.25, 0.3) is 5.91 Å². The summed E-state index contributed by atoms with van der Waals surface area (Å²) in [7, 11) is 0. The SMILES string of the molecule is O=C(CSc1nnc(CNc2ccc(I)cc2)n1-c1ccccc1)N/N=C\c1ccccc1O. The number of phenolic OH excluding ortho intramolecular Hbond substituents is 1. The second-order valence-electron chi connectivity index (χ2n) is 7.07. The molecule has 0 radical (unpaired) electrons. The lowest BCUT2D eigenvalue weighted by molar-refractivity contribution is -0.118. The fourth-order valence-electron chi connectivity index (χ4n) is 3.03. The molecule has 0 saturated carbocycles. The molecule has 4 rings (SSSR count). The number of carbonyl (C=O) groups is 1. The zero-order valence-corrected chi connectivity index (χ0v) is 20.9. The Morgan fingerprint density at radius 3 is 2.53 bits per heavy atom. The van der Waals surface area contributed by atoms with E-state index in [0.717, 1.165) is 20.8 Å². The number of rotatable bonds is 9. The Hall–Kier alpha value is -3.38. The molecule has 0 atom stereocenters. The van der Waals surface area contributed by atoms with Crippen LogP contribution in [0.5, 0.6) is 5.75 Å². The van der Waals surface area contributed by atoms with E-state index in [2.05, 4.69) is 48.6 Å². The smallest absolute Gasteiger partial charge is 0.250 e. The van der Waals surface area contributed by atoms with E-state index in [9.17, 15) is 9.90 Å². The van der Waals surface area contributed by atoms with Gasteiger partial charge in [0.1, 0.15) is 5.75 Å². The molecule has 0 saturated heterocycles. The van der Waals surface area contributed by atoms with Gasteiger partial charge >= 0.3 is 0 Å². The number of hydrogen-bond acceptors (Lipinski definition) is 7. The summed E-state index contributed by atoms with van der Waals surface area (Å²) >= 11 is 3.54. The van der Waals surface area contributed by atoms with Crippen molar-refractivity contribution in [2.24, 2.45) is 5.10 Å². The number of aromatic hydroxyl groups is 1. The second kappa shape index (κ2) is 11.7. The minimum atomic E-state index is -0.294. The molecule has 8 nitrogen and oxygen atoms in total. The number of para-hydroxylation sites is 2. The van der Waals surface area contributed by atoms with Crippen LogP contribution in [0.1, 0.15) is 11.4 Å². The number of nitrogens with zero attached hydrogens (tertiary/aromatic N) is 4. The van der Waals surface area contributed by atoms with Crippen molar-refractivity contribution in [2.45, 2.75) is 11.7 Å². The van der Waals surface area contributed by atoms with Crippen molar-refractivity contribution < 1.29 is 9.90 Å². The lowest BCUT2D eigenvalue weighted by atomic mass is 10.2. The van der Waals surface area contributed by atoms with Crippen molar-refractivity contribution in [3.8, 4) is 11.4 Å². The van der Waals surface area contributed by atoms with E-state index in [1.54, 1.807) is 24.3 Å². The van der Waals surface area contributed by atoms with Crippen LogP contribution >= 0.6 is 34.4 Å². The van der Waals surface area contributed by atoms with E-state index in [1.165, 1.54) is 18.0 Å². The largest absolute Gasteiger partial charge is 0.507 e. The molecule has 1 heterocycles. The molecule has 4 aromatic rings. The fraction of sp³-hybridized carbons (Fsp3) is 0.0833. The van der Waals surface area contributed by atoms with Gasteiger partial charge in [-0.25, -0.2) is 5.43 Å². The number of hydrazone groups is 1. The summed E-state index contributed by atoms with van der Waals surface area (Å²) in [6.45, 7) is 0.472. The normalized spacial score (nSPS) is 11.0. The number of aromatic nitrogens is 3. The lowest BCUT2D eigenvalue weighted by Crippen LogP contribution is -2.20. The number of amides is 1. The monoisotopic (exact) mass is 584 g/mol. The van der Waals surface area contributed by atoms with Crippen molar-refractivity contribution in [2.75, 3.05) is 11.1 Å². The standard InChI is InChI=1S/C24H21IN6O2S/c25-18-10-12-19(13-11-18)26-15-22-28-30-24(31(22)20-7-2-1-3-8-20)34-16-23(33)29-27-14-17-6-4-5-9-21(17)32/h1-14,26,32H,15-16H2,(H,29,33)/b27-14-. The molecule has 3 N–H and O–H groups in total. The van der Waals surface area contributed by atoms with E-state index in [-0.39, 0.29) is 17.4 Å². The zero-order valence-electron chi connectivity index (χ0n) is 17.9. The maximum Gasteiger partial charge on any atom is 0.250 e. The molecule has 0 bridgehead atoms. The first-order chi connectivity index (χ1) is 16.6. The average molecular weight is 584 g/mol. The van der Waals surface area contributed by atoms with Gasteiger partial charge in [0.05, 0.1) is 18.5 Å². The first-order valence-electron chi connectivity index (χ1n) is 10.3. The van der Waals surface area contributed by atoms with Gasteiger partial charge in [-0.05, 0) is 71.1 Å². The average Bonchev–Trinajstić information content (AvgIpc) is 3.27. The molecule has 10 heteroatoms. The highest BCUT2D eigenvalue weighted by Gasteiger charge is 2.15. The first-order valence-corrected chi connectivity index (χ1v) is 12.4. The van der Waals surface area contributed by atoms with Gasteiger partial charge in [0.15, 0.2) is 11.0 Å². The molecule has 1 amide bonds. The summed E-state index contributed by atoms with van der Waals surface area (Å²) in [6, 6.07) is 24.6. The summed E-state index contributed by atoms with van der Waals surface area (Å²) in [5.41, 5.74) is 4.89. The fourth-order valence-corrected chi connectivity index (χ4v) is 4.15. The number of anilines is 1. The van der Waals surface area contributed by atoms with Crippen LogP contribution in [0.2, 0.25) is 0 Å². The first kappa shape index (κ1) is 23.8. The molecule has 3 aromatic carbocycles. The third-order valence-corrected chi connectivity index (χ3v) is 6.32. The van der Waals surface area contributed by atoms with Gasteiger partial charge in [0, 0.05) is 20.5 Å². The number of carbonyl (C=O) groups excluding carboxylic acids is 1. The molecule has 172 valence electrons. The Morgan fingerprint density at radius 1 is 1.03 bits per heavy atom. The molecular formula is C24H21IN6O2S. The van der Waals surface area contributed by atoms with Crippen LogP contribution < -0.4 is 10.7 Å². The number of hydrogen-bond donors (Lipinski definition) is 3. The Morgan fingerprint density at radius 2 is 1.76 bits per heavy atom. The van der Waals surface area contributed by atoms with Crippen LogP contribution in [0.3, 0.4) is 0 Å². The van der Waals surface area contributed by atoms with Crippen molar-refractivity contribution in [3.05, 3.63) is 93.8 Å². The van der Waals surface area contributed by atoms with Crippen LogP contribution in [0.15, 0.2) is 89.1 Å². The van der Waals surface area contributed by atoms with E-state index in [4.69, 9.17) is 0 Å². The van der Waals surface area contributed by atoms with Crippen molar-refractivity contribution in [1.82, 2.24) is 20.2 Å². The highest BCUT2D eigenvalue weighted by atomic mass is 127. The summed E-state index contributed by atoms with van der Waals surface area (Å²) in [5.74, 6) is 0.633. The van der Waals surface area contributed by atoms with Gasteiger partial charge in [-0.2, -0.15) is 5.10 Å². The highest BCUT2D eigenvalue weighted by Crippen LogP contribution is 2.23. The minimum Gasteiger partial charge on any atom is -0.507 e. The third kappa shape index (κ3) is 6.35. The molecule has 1 aromatic heterocycles.